The number of hydrogen-bond donors (Lipinski definition) is 2. The molecule has 0 saturated carbocycles. The Morgan fingerprint density at radius 2 is 2.08 bits per heavy atom. The number of guanidine groups is 1. The van der Waals surface area contributed by atoms with E-state index in [0.29, 0.717) is 6.04 Å². The van der Waals surface area contributed by atoms with Crippen LogP contribution in [0, 0.1) is 0 Å². The minimum atomic E-state index is -0.193. The van der Waals surface area contributed by atoms with E-state index in [9.17, 15) is 0 Å². The highest BCUT2D eigenvalue weighted by Crippen LogP contribution is 2.39. The molecule has 2 rings (SSSR count). The van der Waals surface area contributed by atoms with Crippen LogP contribution in [0.4, 0.5) is 0 Å². The summed E-state index contributed by atoms with van der Waals surface area (Å²) in [5.74, 6) is 1.84. The summed E-state index contributed by atoms with van der Waals surface area (Å²) >= 11 is 0. The molecule has 1 unspecified atom stereocenters. The highest BCUT2D eigenvalue weighted by atomic mass is 16.5. The molecule has 2 N–H and O–H groups in total. The minimum Gasteiger partial charge on any atom is -0.487 e. The highest BCUT2D eigenvalue weighted by molar-refractivity contribution is 5.80. The zero-order valence-electron chi connectivity index (χ0n) is 16.6. The predicted octanol–water partition coefficient (Wildman–Crippen LogP) is 3.18. The van der Waals surface area contributed by atoms with E-state index >= 15 is 0 Å². The summed E-state index contributed by atoms with van der Waals surface area (Å²) < 4.78 is 6.12. The van der Waals surface area contributed by atoms with E-state index in [1.54, 1.807) is 0 Å². The maximum atomic E-state index is 6.12. The molecule has 1 aliphatic rings. The Hall–Kier alpha value is -1.75. The Kier molecular flexibility index (Phi) is 6.71. The van der Waals surface area contributed by atoms with Gasteiger partial charge >= 0.3 is 0 Å². The molecule has 0 aliphatic carbocycles. The first-order valence-electron chi connectivity index (χ1n) is 9.35. The topological polar surface area (TPSA) is 48.9 Å². The minimum absolute atomic E-state index is 0.193. The van der Waals surface area contributed by atoms with Crippen LogP contribution >= 0.6 is 0 Å². The molecular weight excluding hydrogens is 312 g/mol. The second-order valence-corrected chi connectivity index (χ2v) is 7.64. The molecule has 0 fully saturated rings. The van der Waals surface area contributed by atoms with Gasteiger partial charge < -0.3 is 20.3 Å². The van der Waals surface area contributed by atoms with Gasteiger partial charge in [-0.05, 0) is 47.7 Å². The predicted molar refractivity (Wildman–Crippen MR) is 105 cm³/mol. The second kappa shape index (κ2) is 8.56. The Balaban J connectivity index is 2.10. The molecule has 5 heteroatoms. The van der Waals surface area contributed by atoms with E-state index in [0.717, 1.165) is 37.8 Å². The van der Waals surface area contributed by atoms with Crippen LogP contribution in [-0.2, 0) is 0 Å². The van der Waals surface area contributed by atoms with E-state index in [4.69, 9.17) is 9.73 Å². The number of aliphatic imine (C=N–C) groups is 1. The van der Waals surface area contributed by atoms with Crippen molar-refractivity contribution in [1.82, 2.24) is 15.5 Å². The van der Waals surface area contributed by atoms with Crippen molar-refractivity contribution < 1.29 is 4.74 Å². The molecule has 25 heavy (non-hydrogen) atoms. The molecule has 1 heterocycles. The number of likely N-dealkylation sites (N-methyl/N-ethyl adjacent to an activating group) is 1. The van der Waals surface area contributed by atoms with Gasteiger partial charge in [0, 0.05) is 31.1 Å². The van der Waals surface area contributed by atoms with E-state index in [2.05, 4.69) is 69.3 Å². The Morgan fingerprint density at radius 1 is 1.36 bits per heavy atom. The highest BCUT2D eigenvalue weighted by Gasteiger charge is 2.33. The molecule has 0 bridgehead atoms. The molecule has 1 aromatic carbocycles. The van der Waals surface area contributed by atoms with Crippen LogP contribution < -0.4 is 15.4 Å². The lowest BCUT2D eigenvalue weighted by molar-refractivity contribution is 0.0694. The zero-order valence-corrected chi connectivity index (χ0v) is 16.6. The molecule has 0 radical (unpaired) electrons. The summed E-state index contributed by atoms with van der Waals surface area (Å²) in [5.41, 5.74) is 1.01. The molecule has 0 aromatic heterocycles. The lowest BCUT2D eigenvalue weighted by Gasteiger charge is -2.38. The number of fused-ring (bicyclic) bond motifs is 1. The quantitative estimate of drug-likeness (QED) is 0.613. The normalized spacial score (nSPS) is 19.5. The van der Waals surface area contributed by atoms with Gasteiger partial charge in [0.1, 0.15) is 11.4 Å². The first-order chi connectivity index (χ1) is 11.8. The van der Waals surface area contributed by atoms with Crippen molar-refractivity contribution in [3.8, 4) is 5.75 Å². The zero-order chi connectivity index (χ0) is 18.4. The third-order valence-corrected chi connectivity index (χ3v) is 4.64. The summed E-state index contributed by atoms with van der Waals surface area (Å²) in [6.07, 6.45) is 0.903. The maximum Gasteiger partial charge on any atom is 0.191 e. The van der Waals surface area contributed by atoms with Crippen molar-refractivity contribution in [3.63, 3.8) is 0 Å². The van der Waals surface area contributed by atoms with Gasteiger partial charge in [-0.1, -0.05) is 18.2 Å². The van der Waals surface area contributed by atoms with Crippen LogP contribution in [0.5, 0.6) is 5.75 Å². The maximum absolute atomic E-state index is 6.12. The summed E-state index contributed by atoms with van der Waals surface area (Å²) in [4.78, 5) is 7.07. The van der Waals surface area contributed by atoms with E-state index in [-0.39, 0.29) is 11.6 Å². The molecule has 1 aliphatic heterocycles. The van der Waals surface area contributed by atoms with Crippen molar-refractivity contribution in [2.24, 2.45) is 4.99 Å². The van der Waals surface area contributed by atoms with Gasteiger partial charge in [-0.2, -0.15) is 0 Å². The van der Waals surface area contributed by atoms with Crippen molar-refractivity contribution in [3.05, 3.63) is 29.8 Å². The van der Waals surface area contributed by atoms with E-state index in [1.165, 1.54) is 5.56 Å². The fourth-order valence-corrected chi connectivity index (χ4v) is 2.99. The summed E-state index contributed by atoms with van der Waals surface area (Å²) in [7, 11) is 2.14. The van der Waals surface area contributed by atoms with Crippen LogP contribution in [0.25, 0.3) is 0 Å². The Morgan fingerprint density at radius 3 is 2.76 bits per heavy atom. The first-order valence-corrected chi connectivity index (χ1v) is 9.35. The third kappa shape index (κ3) is 5.63. The SMILES string of the molecule is CCNC(=NCCN(C)C(C)C)NC1CC(C)(C)Oc2ccccc21. The number of ether oxygens (including phenoxy) is 1. The molecule has 0 amide bonds. The summed E-state index contributed by atoms with van der Waals surface area (Å²) in [6, 6.07) is 9.01. The molecule has 5 nitrogen and oxygen atoms in total. The van der Waals surface area contributed by atoms with Crippen LogP contribution in [0.2, 0.25) is 0 Å². The number of benzene rings is 1. The van der Waals surface area contributed by atoms with Gasteiger partial charge in [-0.15, -0.1) is 0 Å². The van der Waals surface area contributed by atoms with Crippen LogP contribution in [-0.4, -0.2) is 49.2 Å². The van der Waals surface area contributed by atoms with Crippen molar-refractivity contribution in [2.45, 2.75) is 58.7 Å². The van der Waals surface area contributed by atoms with Gasteiger partial charge in [-0.3, -0.25) is 4.99 Å². The average Bonchev–Trinajstić information content (AvgIpc) is 2.53. The molecule has 1 atom stereocenters. The van der Waals surface area contributed by atoms with Crippen LogP contribution in [0.15, 0.2) is 29.3 Å². The molecule has 140 valence electrons. The Bertz CT molecular complexity index is 583. The molecule has 1 aromatic rings. The molecule has 0 spiro atoms. The van der Waals surface area contributed by atoms with Crippen molar-refractivity contribution >= 4 is 5.96 Å². The lowest BCUT2D eigenvalue weighted by Crippen LogP contribution is -2.45. The molecular formula is C20H34N4O. The molecule has 0 saturated heterocycles. The third-order valence-electron chi connectivity index (χ3n) is 4.64. The lowest BCUT2D eigenvalue weighted by atomic mass is 9.90. The van der Waals surface area contributed by atoms with Gasteiger partial charge in [-0.25, -0.2) is 0 Å². The fraction of sp³-hybridized carbons (Fsp3) is 0.650. The van der Waals surface area contributed by atoms with Crippen LogP contribution in [0.1, 0.15) is 52.6 Å². The first kappa shape index (κ1) is 19.6. The second-order valence-electron chi connectivity index (χ2n) is 7.64. The summed E-state index contributed by atoms with van der Waals surface area (Å²) in [5, 5.41) is 6.98. The number of para-hydroxylation sites is 1. The number of nitrogens with one attached hydrogen (secondary N) is 2. The standard InChI is InChI=1S/C20H34N4O/c1-7-21-19(22-12-13-24(6)15(2)3)23-17-14-20(4,5)25-18-11-9-8-10-16(17)18/h8-11,15,17H,7,12-14H2,1-6H3,(H2,21,22,23). The van der Waals surface area contributed by atoms with Crippen LogP contribution in [0.3, 0.4) is 0 Å². The van der Waals surface area contributed by atoms with Gasteiger partial charge in [0.15, 0.2) is 5.96 Å². The largest absolute Gasteiger partial charge is 0.487 e. The number of nitrogens with zero attached hydrogens (tertiary/aromatic N) is 2. The van der Waals surface area contributed by atoms with Crippen molar-refractivity contribution in [1.29, 1.82) is 0 Å². The summed E-state index contributed by atoms with van der Waals surface area (Å²) in [6.45, 7) is 13.3. The average molecular weight is 347 g/mol. The smallest absolute Gasteiger partial charge is 0.191 e. The Labute approximate surface area is 152 Å². The number of rotatable bonds is 6. The van der Waals surface area contributed by atoms with Gasteiger partial charge in [0.05, 0.1) is 12.6 Å². The number of hydrogen-bond acceptors (Lipinski definition) is 3. The van der Waals surface area contributed by atoms with Gasteiger partial charge in [0.25, 0.3) is 0 Å². The van der Waals surface area contributed by atoms with Gasteiger partial charge in [0.2, 0.25) is 0 Å². The van der Waals surface area contributed by atoms with E-state index < -0.39 is 0 Å². The van der Waals surface area contributed by atoms with E-state index in [1.807, 2.05) is 12.1 Å². The monoisotopic (exact) mass is 346 g/mol. The van der Waals surface area contributed by atoms with Crippen molar-refractivity contribution in [2.75, 3.05) is 26.7 Å². The fourth-order valence-electron chi connectivity index (χ4n) is 2.99.